The molecule has 2 heterocycles. The Balaban J connectivity index is 1.61. The molecule has 0 radical (unpaired) electrons. The molecule has 1 aromatic heterocycles. The summed E-state index contributed by atoms with van der Waals surface area (Å²) < 4.78 is 27.5. The quantitative estimate of drug-likeness (QED) is 0.314. The predicted octanol–water partition coefficient (Wildman–Crippen LogP) is 2.11. The van der Waals surface area contributed by atoms with Crippen LogP contribution in [0.15, 0.2) is 21.3 Å². The zero-order chi connectivity index (χ0) is 19.7. The Morgan fingerprint density at radius 3 is 2.74 bits per heavy atom. The molecule has 1 saturated heterocycles. The molecule has 1 aliphatic rings. The summed E-state index contributed by atoms with van der Waals surface area (Å²) >= 11 is 6.84. The van der Waals surface area contributed by atoms with Crippen molar-refractivity contribution in [2.24, 2.45) is 4.99 Å². The van der Waals surface area contributed by atoms with Gasteiger partial charge in [0.15, 0.2) is 5.96 Å². The molecule has 0 aromatic carbocycles. The molecule has 1 fully saturated rings. The minimum absolute atomic E-state index is 0.224. The van der Waals surface area contributed by atoms with Gasteiger partial charge < -0.3 is 15.5 Å². The highest BCUT2D eigenvalue weighted by Crippen LogP contribution is 2.25. The van der Waals surface area contributed by atoms with Crippen molar-refractivity contribution in [3.63, 3.8) is 0 Å². The lowest BCUT2D eigenvalue weighted by molar-refractivity contribution is 0.159. The molecule has 1 aromatic rings. The molecule has 1 atom stereocenters. The van der Waals surface area contributed by atoms with Gasteiger partial charge in [-0.2, -0.15) is 0 Å². The number of nitrogens with one attached hydrogen (secondary N) is 3. The van der Waals surface area contributed by atoms with Gasteiger partial charge in [-0.05, 0) is 44.9 Å². The van der Waals surface area contributed by atoms with Crippen LogP contribution in [0.25, 0.3) is 0 Å². The van der Waals surface area contributed by atoms with Crippen LogP contribution in [0.5, 0.6) is 0 Å². The molecular weight excluding hydrogens is 406 g/mol. The van der Waals surface area contributed by atoms with Crippen molar-refractivity contribution >= 4 is 38.9 Å². The predicted molar refractivity (Wildman–Crippen MR) is 113 cm³/mol. The first kappa shape index (κ1) is 22.4. The molecule has 0 spiro atoms. The average molecular weight is 436 g/mol. The Kier molecular flexibility index (Phi) is 9.31. The maximum absolute atomic E-state index is 12.1. The van der Waals surface area contributed by atoms with E-state index in [1.165, 1.54) is 31.9 Å². The molecule has 1 aliphatic heterocycles. The van der Waals surface area contributed by atoms with Gasteiger partial charge in [0.2, 0.25) is 10.0 Å². The number of hydrogen-bond donors (Lipinski definition) is 3. The monoisotopic (exact) mass is 435 g/mol. The normalized spacial score (nSPS) is 19.2. The third kappa shape index (κ3) is 7.57. The van der Waals surface area contributed by atoms with E-state index in [1.54, 1.807) is 13.1 Å². The molecule has 10 heteroatoms. The van der Waals surface area contributed by atoms with E-state index in [0.29, 0.717) is 22.9 Å². The number of nitrogens with zero attached hydrogens (tertiary/aromatic N) is 2. The van der Waals surface area contributed by atoms with Gasteiger partial charge in [-0.1, -0.05) is 18.0 Å². The molecule has 0 bridgehead atoms. The van der Waals surface area contributed by atoms with Gasteiger partial charge in [0, 0.05) is 39.3 Å². The van der Waals surface area contributed by atoms with Crippen LogP contribution < -0.4 is 15.4 Å². The second kappa shape index (κ2) is 11.2. The first-order chi connectivity index (χ1) is 12.9. The summed E-state index contributed by atoms with van der Waals surface area (Å²) in [5, 5.41) is 6.40. The second-order valence-electron chi connectivity index (χ2n) is 6.62. The van der Waals surface area contributed by atoms with E-state index in [0.717, 1.165) is 30.8 Å². The van der Waals surface area contributed by atoms with Crippen LogP contribution in [0, 0.1) is 0 Å². The van der Waals surface area contributed by atoms with Crippen LogP contribution in [0.2, 0.25) is 4.34 Å². The van der Waals surface area contributed by atoms with Crippen molar-refractivity contribution in [2.75, 3.05) is 39.8 Å². The second-order valence-corrected chi connectivity index (χ2v) is 10.3. The van der Waals surface area contributed by atoms with E-state index in [9.17, 15) is 8.42 Å². The third-order valence-electron chi connectivity index (χ3n) is 4.60. The summed E-state index contributed by atoms with van der Waals surface area (Å²) in [6.07, 6.45) is 4.99. The highest BCUT2D eigenvalue weighted by molar-refractivity contribution is 7.91. The largest absolute Gasteiger partial charge is 0.356 e. The summed E-state index contributed by atoms with van der Waals surface area (Å²) in [6, 6.07) is 3.77. The molecule has 0 amide bonds. The van der Waals surface area contributed by atoms with Crippen LogP contribution in [0.1, 0.15) is 32.6 Å². The molecule has 3 N–H and O–H groups in total. The molecular formula is C17H30ClN5O2S2. The molecule has 7 nitrogen and oxygen atoms in total. The minimum Gasteiger partial charge on any atom is -0.356 e. The van der Waals surface area contributed by atoms with E-state index in [4.69, 9.17) is 11.6 Å². The highest BCUT2D eigenvalue weighted by atomic mass is 35.5. The Hall–Kier alpha value is -0.870. The van der Waals surface area contributed by atoms with Crippen molar-refractivity contribution in [3.8, 4) is 0 Å². The van der Waals surface area contributed by atoms with Crippen LogP contribution >= 0.6 is 22.9 Å². The summed E-state index contributed by atoms with van der Waals surface area (Å²) in [4.78, 5) is 6.72. The molecule has 154 valence electrons. The average Bonchev–Trinajstić information content (AvgIpc) is 3.09. The summed E-state index contributed by atoms with van der Waals surface area (Å²) in [7, 11) is -1.80. The van der Waals surface area contributed by atoms with E-state index < -0.39 is 10.0 Å². The van der Waals surface area contributed by atoms with Gasteiger partial charge in [-0.15, -0.1) is 11.3 Å². The number of sulfonamides is 1. The van der Waals surface area contributed by atoms with Gasteiger partial charge in [-0.25, -0.2) is 13.1 Å². The topological polar surface area (TPSA) is 85.8 Å². The number of aliphatic imine (C=N–C) groups is 1. The third-order valence-corrected chi connectivity index (χ3v) is 7.79. The molecule has 27 heavy (non-hydrogen) atoms. The van der Waals surface area contributed by atoms with Crippen molar-refractivity contribution in [1.82, 2.24) is 20.3 Å². The SMILES string of the molecule is CN=C(NCCCN1CCCCC1C)NCCNS(=O)(=O)c1ccc(Cl)s1. The lowest BCUT2D eigenvalue weighted by Crippen LogP contribution is -2.43. The Bertz CT molecular complexity index is 708. The molecule has 1 unspecified atom stereocenters. The Labute approximate surface area is 171 Å². The van der Waals surface area contributed by atoms with Gasteiger partial charge in [0.1, 0.15) is 4.21 Å². The van der Waals surface area contributed by atoms with Crippen molar-refractivity contribution in [3.05, 3.63) is 16.5 Å². The van der Waals surface area contributed by atoms with Crippen molar-refractivity contribution < 1.29 is 8.42 Å². The highest BCUT2D eigenvalue weighted by Gasteiger charge is 2.17. The lowest BCUT2D eigenvalue weighted by Gasteiger charge is -2.33. The van der Waals surface area contributed by atoms with Crippen LogP contribution in [-0.4, -0.2) is 65.1 Å². The zero-order valence-electron chi connectivity index (χ0n) is 16.0. The maximum atomic E-state index is 12.1. The van der Waals surface area contributed by atoms with Crippen LogP contribution in [-0.2, 0) is 10.0 Å². The number of halogens is 1. The lowest BCUT2D eigenvalue weighted by atomic mass is 10.0. The Morgan fingerprint density at radius 2 is 2.07 bits per heavy atom. The van der Waals surface area contributed by atoms with Gasteiger partial charge in [-0.3, -0.25) is 4.99 Å². The van der Waals surface area contributed by atoms with E-state index in [-0.39, 0.29) is 10.8 Å². The van der Waals surface area contributed by atoms with E-state index in [2.05, 4.69) is 32.2 Å². The number of thiophene rings is 1. The van der Waals surface area contributed by atoms with Gasteiger partial charge in [0.05, 0.1) is 4.34 Å². The first-order valence-electron chi connectivity index (χ1n) is 9.36. The zero-order valence-corrected chi connectivity index (χ0v) is 18.4. The fourth-order valence-electron chi connectivity index (χ4n) is 3.08. The smallest absolute Gasteiger partial charge is 0.250 e. The van der Waals surface area contributed by atoms with E-state index in [1.807, 2.05) is 0 Å². The van der Waals surface area contributed by atoms with Crippen molar-refractivity contribution in [2.45, 2.75) is 42.9 Å². The Morgan fingerprint density at radius 1 is 1.30 bits per heavy atom. The summed E-state index contributed by atoms with van der Waals surface area (Å²) in [5.41, 5.74) is 0. The van der Waals surface area contributed by atoms with Gasteiger partial charge in [0.25, 0.3) is 0 Å². The van der Waals surface area contributed by atoms with Crippen molar-refractivity contribution in [1.29, 1.82) is 0 Å². The number of rotatable bonds is 9. The fourth-order valence-corrected chi connectivity index (χ4v) is 5.64. The van der Waals surface area contributed by atoms with Crippen LogP contribution in [0.3, 0.4) is 0 Å². The fraction of sp³-hybridized carbons (Fsp3) is 0.706. The first-order valence-corrected chi connectivity index (χ1v) is 12.0. The maximum Gasteiger partial charge on any atom is 0.250 e. The number of likely N-dealkylation sites (tertiary alicyclic amines) is 1. The summed E-state index contributed by atoms with van der Waals surface area (Å²) in [5.74, 6) is 0.681. The molecule has 0 saturated carbocycles. The van der Waals surface area contributed by atoms with Crippen LogP contribution in [0.4, 0.5) is 0 Å². The van der Waals surface area contributed by atoms with Gasteiger partial charge >= 0.3 is 0 Å². The minimum atomic E-state index is -3.50. The number of guanidine groups is 1. The number of hydrogen-bond acceptors (Lipinski definition) is 5. The summed E-state index contributed by atoms with van der Waals surface area (Å²) in [6.45, 7) is 6.14. The number of piperidine rings is 1. The molecule has 0 aliphatic carbocycles. The standard InChI is InChI=1S/C17H30ClN5O2S2/c1-14-6-3-4-12-23(14)13-5-9-20-17(19-2)21-10-11-22-27(24,25)16-8-7-15(18)26-16/h7-8,14,22H,3-6,9-13H2,1-2H3,(H2,19,20,21). The van der Waals surface area contributed by atoms with E-state index >= 15 is 0 Å². The molecule has 2 rings (SSSR count).